The summed E-state index contributed by atoms with van der Waals surface area (Å²) in [7, 11) is 0. The Morgan fingerprint density at radius 3 is 0.967 bits per heavy atom. The Kier molecular flexibility index (Phi) is 4.80. The Morgan fingerprint density at radius 1 is 0.400 bits per heavy atom. The maximum atomic E-state index is 5.82. The lowest BCUT2D eigenvalue weighted by atomic mass is 9.86. The van der Waals surface area contributed by atoms with Crippen LogP contribution in [-0.4, -0.2) is 0 Å². The van der Waals surface area contributed by atoms with Gasteiger partial charge >= 0.3 is 0 Å². The molecule has 0 heterocycles. The van der Waals surface area contributed by atoms with Crippen molar-refractivity contribution in [3.05, 3.63) is 108 Å². The lowest BCUT2D eigenvalue weighted by Gasteiger charge is -2.18. The van der Waals surface area contributed by atoms with Gasteiger partial charge in [-0.1, -0.05) is 97.1 Å². The van der Waals surface area contributed by atoms with Gasteiger partial charge in [-0.3, -0.25) is 0 Å². The molecule has 0 atom stereocenters. The van der Waals surface area contributed by atoms with E-state index in [1.807, 2.05) is 0 Å². The van der Waals surface area contributed by atoms with Crippen molar-refractivity contribution in [1.29, 1.82) is 0 Å². The lowest BCUT2D eigenvalue weighted by Crippen LogP contribution is -1.96. The van der Waals surface area contributed by atoms with E-state index in [0.717, 1.165) is 11.1 Å². The quantitative estimate of drug-likeness (QED) is 0.358. The fourth-order valence-corrected chi connectivity index (χ4v) is 4.37. The molecule has 0 aliphatic carbocycles. The predicted molar refractivity (Wildman–Crippen MR) is 128 cm³/mol. The highest BCUT2D eigenvalue weighted by Gasteiger charge is 2.16. The molecule has 0 radical (unpaired) electrons. The van der Waals surface area contributed by atoms with E-state index in [-0.39, 0.29) is 0 Å². The predicted octanol–water partition coefficient (Wildman–Crippen LogP) is 6.24. The minimum Gasteiger partial charge on any atom is -0.326 e. The third kappa shape index (κ3) is 3.07. The average molecular weight is 389 g/mol. The summed E-state index contributed by atoms with van der Waals surface area (Å²) in [6.07, 6.45) is 0. The Morgan fingerprint density at radius 2 is 0.700 bits per heavy atom. The first-order valence-electron chi connectivity index (χ1n) is 10.3. The lowest BCUT2D eigenvalue weighted by molar-refractivity contribution is 1.07. The fourth-order valence-electron chi connectivity index (χ4n) is 4.37. The molecule has 146 valence electrons. The van der Waals surface area contributed by atoms with Gasteiger partial charge in [0, 0.05) is 13.1 Å². The number of nitrogens with two attached hydrogens (primary N) is 2. The Bertz CT molecular complexity index is 1170. The molecule has 5 aromatic rings. The maximum Gasteiger partial charge on any atom is 0.0178 e. The van der Waals surface area contributed by atoms with Gasteiger partial charge in [-0.25, -0.2) is 0 Å². The molecule has 0 saturated carbocycles. The van der Waals surface area contributed by atoms with Crippen LogP contribution in [0, 0.1) is 0 Å². The summed E-state index contributed by atoms with van der Waals surface area (Å²) in [6, 6.07) is 34.6. The molecule has 0 unspecified atom stereocenters. The topological polar surface area (TPSA) is 52.0 Å². The second-order valence-electron chi connectivity index (χ2n) is 7.64. The summed E-state index contributed by atoms with van der Waals surface area (Å²) in [6.45, 7) is 1.11. The molecule has 5 rings (SSSR count). The molecule has 2 nitrogen and oxygen atoms in total. The first kappa shape index (κ1) is 18.6. The molecule has 0 amide bonds. The van der Waals surface area contributed by atoms with Gasteiger partial charge in [-0.15, -0.1) is 0 Å². The zero-order chi connectivity index (χ0) is 20.5. The number of benzene rings is 5. The van der Waals surface area contributed by atoms with Crippen LogP contribution in [-0.2, 0) is 13.1 Å². The molecule has 0 aliphatic heterocycles. The van der Waals surface area contributed by atoms with E-state index < -0.39 is 0 Å². The van der Waals surface area contributed by atoms with Crippen molar-refractivity contribution >= 4 is 21.5 Å². The third-order valence-electron chi connectivity index (χ3n) is 5.89. The number of hydrogen-bond acceptors (Lipinski definition) is 2. The monoisotopic (exact) mass is 388 g/mol. The Balaban J connectivity index is 1.88. The van der Waals surface area contributed by atoms with Crippen molar-refractivity contribution in [2.75, 3.05) is 0 Å². The molecular weight excluding hydrogens is 364 g/mol. The molecule has 2 heteroatoms. The molecule has 0 aliphatic rings. The van der Waals surface area contributed by atoms with Crippen LogP contribution in [0.3, 0.4) is 0 Å². The molecule has 0 spiro atoms. The number of fused-ring (bicyclic) bond motifs is 2. The van der Waals surface area contributed by atoms with Crippen molar-refractivity contribution in [2.45, 2.75) is 13.1 Å². The van der Waals surface area contributed by atoms with Crippen molar-refractivity contribution in [3.8, 4) is 22.3 Å². The van der Waals surface area contributed by atoms with E-state index in [0.29, 0.717) is 13.1 Å². The van der Waals surface area contributed by atoms with Gasteiger partial charge in [0.1, 0.15) is 0 Å². The number of rotatable bonds is 4. The van der Waals surface area contributed by atoms with E-state index in [1.54, 1.807) is 0 Å². The molecule has 5 aromatic carbocycles. The van der Waals surface area contributed by atoms with E-state index in [9.17, 15) is 0 Å². The average Bonchev–Trinajstić information content (AvgIpc) is 2.82. The molecule has 0 bridgehead atoms. The van der Waals surface area contributed by atoms with Gasteiger partial charge in [-0.05, 0) is 54.9 Å². The Labute approximate surface area is 176 Å². The van der Waals surface area contributed by atoms with Crippen molar-refractivity contribution in [2.24, 2.45) is 11.5 Å². The van der Waals surface area contributed by atoms with E-state index in [2.05, 4.69) is 97.1 Å². The minimum atomic E-state index is 0.555. The van der Waals surface area contributed by atoms with Gasteiger partial charge in [0.25, 0.3) is 0 Å². The molecule has 0 saturated heterocycles. The summed E-state index contributed by atoms with van der Waals surface area (Å²) < 4.78 is 0. The van der Waals surface area contributed by atoms with Gasteiger partial charge in [-0.2, -0.15) is 0 Å². The van der Waals surface area contributed by atoms with Crippen LogP contribution in [0.5, 0.6) is 0 Å². The minimum absolute atomic E-state index is 0.555. The normalized spacial score (nSPS) is 11.3. The van der Waals surface area contributed by atoms with Crippen LogP contribution in [0.15, 0.2) is 97.1 Å². The first-order chi connectivity index (χ1) is 14.8. The summed E-state index contributed by atoms with van der Waals surface area (Å²) in [5.41, 5.74) is 18.9. The van der Waals surface area contributed by atoms with Gasteiger partial charge in [0.05, 0.1) is 0 Å². The zero-order valence-electron chi connectivity index (χ0n) is 16.8. The standard InChI is InChI=1S/C28H24N2/c29-17-19-9-13-21(14-10-19)27-23-5-1-2-6-24(23)28(26-8-4-3-7-25(26)27)22-15-11-20(18-30)12-16-22/h1-16H,17-18,29-30H2. The summed E-state index contributed by atoms with van der Waals surface area (Å²) in [5.74, 6) is 0. The third-order valence-corrected chi connectivity index (χ3v) is 5.89. The molecule has 4 N–H and O–H groups in total. The molecule has 30 heavy (non-hydrogen) atoms. The Hall–Kier alpha value is -3.46. The molecule has 0 aromatic heterocycles. The van der Waals surface area contributed by atoms with Gasteiger partial charge in [0.2, 0.25) is 0 Å². The van der Waals surface area contributed by atoms with Crippen LogP contribution in [0.4, 0.5) is 0 Å². The van der Waals surface area contributed by atoms with Crippen molar-refractivity contribution in [1.82, 2.24) is 0 Å². The fraction of sp³-hybridized carbons (Fsp3) is 0.0714. The number of hydrogen-bond donors (Lipinski definition) is 2. The van der Waals surface area contributed by atoms with Gasteiger partial charge in [0.15, 0.2) is 0 Å². The van der Waals surface area contributed by atoms with Crippen molar-refractivity contribution < 1.29 is 0 Å². The van der Waals surface area contributed by atoms with Crippen LogP contribution in [0.1, 0.15) is 11.1 Å². The summed E-state index contributed by atoms with van der Waals surface area (Å²) in [4.78, 5) is 0. The largest absolute Gasteiger partial charge is 0.326 e. The zero-order valence-corrected chi connectivity index (χ0v) is 16.8. The SMILES string of the molecule is NCc1ccc(-c2c3ccccc3c(-c3ccc(CN)cc3)c3ccccc23)cc1. The highest BCUT2D eigenvalue weighted by atomic mass is 14.5. The van der Waals surface area contributed by atoms with Crippen molar-refractivity contribution in [3.63, 3.8) is 0 Å². The van der Waals surface area contributed by atoms with Crippen LogP contribution in [0.2, 0.25) is 0 Å². The van der Waals surface area contributed by atoms with E-state index >= 15 is 0 Å². The van der Waals surface area contributed by atoms with Crippen LogP contribution < -0.4 is 11.5 Å². The second-order valence-corrected chi connectivity index (χ2v) is 7.64. The smallest absolute Gasteiger partial charge is 0.0178 e. The maximum absolute atomic E-state index is 5.82. The highest BCUT2D eigenvalue weighted by molar-refractivity contribution is 6.21. The second kappa shape index (κ2) is 7.75. The molecule has 0 fully saturated rings. The molecular formula is C28H24N2. The van der Waals surface area contributed by atoms with Crippen LogP contribution in [0.25, 0.3) is 43.8 Å². The highest BCUT2D eigenvalue weighted by Crippen LogP contribution is 2.43. The summed E-state index contributed by atoms with van der Waals surface area (Å²) >= 11 is 0. The van der Waals surface area contributed by atoms with Crippen LogP contribution >= 0.6 is 0 Å². The first-order valence-corrected chi connectivity index (χ1v) is 10.3. The van der Waals surface area contributed by atoms with E-state index in [4.69, 9.17) is 11.5 Å². The van der Waals surface area contributed by atoms with Gasteiger partial charge < -0.3 is 11.5 Å². The summed E-state index contributed by atoms with van der Waals surface area (Å²) in [5, 5.41) is 5.04. The van der Waals surface area contributed by atoms with E-state index in [1.165, 1.54) is 43.8 Å².